The molecule has 52 heavy (non-hydrogen) atoms. The van der Waals surface area contributed by atoms with Crippen LogP contribution in [-0.4, -0.2) is 60.7 Å². The zero-order chi connectivity index (χ0) is 37.0. The molecule has 0 saturated carbocycles. The average Bonchev–Trinajstić information content (AvgIpc) is 3.85. The summed E-state index contributed by atoms with van der Waals surface area (Å²) in [6.45, 7) is 5.76. The van der Waals surface area contributed by atoms with E-state index < -0.39 is 12.0 Å². The normalized spacial score (nSPS) is 13.0. The monoisotopic (exact) mass is 757 g/mol. The molecular weight excluding hydrogens is 718 g/mol. The minimum Gasteiger partial charge on any atom is -0.490 e. The summed E-state index contributed by atoms with van der Waals surface area (Å²) >= 11 is 9.02. The molecular formula is C38H40ClN7O4S2. The molecule has 14 heteroatoms. The molecule has 1 aliphatic heterocycles. The van der Waals surface area contributed by atoms with Gasteiger partial charge in [0.2, 0.25) is 5.91 Å². The summed E-state index contributed by atoms with van der Waals surface area (Å²) in [6, 6.07) is 18.6. The number of nitrogens with zero attached hydrogens (tertiary/aromatic N) is 5. The number of halogens is 1. The molecule has 1 aliphatic rings. The van der Waals surface area contributed by atoms with Crippen molar-refractivity contribution >= 4 is 52.4 Å². The lowest BCUT2D eigenvalue weighted by Crippen LogP contribution is -2.43. The van der Waals surface area contributed by atoms with Gasteiger partial charge in [-0.1, -0.05) is 61.5 Å². The number of carbonyl (C=O) groups excluding carboxylic acids is 2. The van der Waals surface area contributed by atoms with Crippen LogP contribution in [0.3, 0.4) is 0 Å². The number of carbonyl (C=O) groups is 2. The molecule has 0 spiro atoms. The van der Waals surface area contributed by atoms with Gasteiger partial charge in [-0.15, -0.1) is 11.3 Å². The fourth-order valence-electron chi connectivity index (χ4n) is 5.76. The number of thiazole rings is 1. The first-order valence-electron chi connectivity index (χ1n) is 17.1. The van der Waals surface area contributed by atoms with Crippen molar-refractivity contribution in [3.8, 4) is 39.6 Å². The van der Waals surface area contributed by atoms with Crippen LogP contribution in [0.15, 0.2) is 58.9 Å². The van der Waals surface area contributed by atoms with Crippen molar-refractivity contribution in [2.45, 2.75) is 56.4 Å². The maximum absolute atomic E-state index is 12.7. The van der Waals surface area contributed by atoms with Gasteiger partial charge in [-0.25, -0.2) is 14.8 Å². The summed E-state index contributed by atoms with van der Waals surface area (Å²) in [7, 11) is 0. The topological polar surface area (TPSA) is 167 Å². The highest BCUT2D eigenvalue weighted by Crippen LogP contribution is 2.40. The number of benzene rings is 2. The van der Waals surface area contributed by atoms with Crippen molar-refractivity contribution in [1.82, 2.24) is 15.3 Å². The number of ether oxygens (including phenoxy) is 2. The van der Waals surface area contributed by atoms with E-state index >= 15 is 0 Å². The van der Waals surface area contributed by atoms with Gasteiger partial charge < -0.3 is 25.4 Å². The van der Waals surface area contributed by atoms with Crippen LogP contribution in [0, 0.1) is 28.6 Å². The van der Waals surface area contributed by atoms with Crippen molar-refractivity contribution in [1.29, 1.82) is 10.5 Å². The lowest BCUT2D eigenvalue weighted by molar-refractivity contribution is -0.149. The molecule has 2 aromatic carbocycles. The van der Waals surface area contributed by atoms with Crippen molar-refractivity contribution < 1.29 is 19.1 Å². The van der Waals surface area contributed by atoms with Crippen LogP contribution in [0.2, 0.25) is 5.02 Å². The van der Waals surface area contributed by atoms with Crippen LogP contribution in [-0.2, 0) is 20.1 Å². The molecule has 11 nitrogen and oxygen atoms in total. The summed E-state index contributed by atoms with van der Waals surface area (Å²) in [5, 5.41) is 27.7. The number of rotatable bonds is 16. The molecule has 270 valence electrons. The van der Waals surface area contributed by atoms with E-state index in [1.54, 1.807) is 12.1 Å². The van der Waals surface area contributed by atoms with Gasteiger partial charge in [-0.2, -0.15) is 10.5 Å². The maximum atomic E-state index is 12.7. The SMILES string of the molecule is CC(C)CC(NC(=O)CCN)C(=O)OCCOc1ccc(-c2c(C#N)c(SCc3csc(-c4ccc(Cl)cc4)n3)nc(N3CCCC3)c2C#N)cc1. The van der Waals surface area contributed by atoms with Gasteiger partial charge in [0.05, 0.1) is 11.3 Å². The van der Waals surface area contributed by atoms with Crippen molar-refractivity contribution in [3.63, 3.8) is 0 Å². The molecule has 5 rings (SSSR count). The van der Waals surface area contributed by atoms with E-state index in [9.17, 15) is 20.1 Å². The predicted octanol–water partition coefficient (Wildman–Crippen LogP) is 6.96. The number of amides is 1. The number of nitriles is 2. The number of nitrogens with two attached hydrogens (primary N) is 1. The third kappa shape index (κ3) is 10.0. The van der Waals surface area contributed by atoms with Gasteiger partial charge in [0.25, 0.3) is 0 Å². The largest absolute Gasteiger partial charge is 0.490 e. The number of esters is 1. The second-order valence-corrected chi connectivity index (χ2v) is 14.8. The van der Waals surface area contributed by atoms with Crippen LogP contribution >= 0.6 is 34.7 Å². The molecule has 1 fully saturated rings. The Morgan fingerprint density at radius 2 is 1.71 bits per heavy atom. The van der Waals surface area contributed by atoms with E-state index in [1.807, 2.05) is 55.6 Å². The third-order valence-corrected chi connectivity index (χ3v) is 10.4. The standard InChI is InChI=1S/C38H40ClN7O4S2/c1-24(2)19-32(44-33(47)13-14-40)38(48)50-18-17-49-29-11-7-25(8-12-29)34-30(20-41)35(46-15-3-4-16-46)45-37(31(34)21-42)52-23-28-22-51-36(43-28)26-5-9-27(39)10-6-26/h5-12,22,24,32H,3-4,13-19,23,40H2,1-2H3,(H,44,47). The Hall–Kier alpha value is -4.66. The van der Waals surface area contributed by atoms with Crippen molar-refractivity contribution in [3.05, 3.63) is 75.8 Å². The number of hydrogen-bond donors (Lipinski definition) is 2. The molecule has 1 saturated heterocycles. The van der Waals surface area contributed by atoms with Crippen molar-refractivity contribution in [2.24, 2.45) is 11.7 Å². The van der Waals surface area contributed by atoms with Gasteiger partial charge in [0.1, 0.15) is 58.6 Å². The summed E-state index contributed by atoms with van der Waals surface area (Å²) in [5.74, 6) is 0.942. The number of aromatic nitrogens is 2. The van der Waals surface area contributed by atoms with Crippen LogP contribution in [0.1, 0.15) is 56.4 Å². The second-order valence-electron chi connectivity index (χ2n) is 12.6. The Kier molecular flexibility index (Phi) is 13.9. The predicted molar refractivity (Wildman–Crippen MR) is 204 cm³/mol. The van der Waals surface area contributed by atoms with Crippen LogP contribution < -0.4 is 20.7 Å². The number of pyridine rings is 1. The third-order valence-electron chi connectivity index (χ3n) is 8.21. The lowest BCUT2D eigenvalue weighted by Gasteiger charge is -2.22. The van der Waals surface area contributed by atoms with E-state index in [0.29, 0.717) is 56.0 Å². The minimum atomic E-state index is -0.760. The van der Waals surface area contributed by atoms with Crippen LogP contribution in [0.25, 0.3) is 21.7 Å². The fraction of sp³-hybridized carbons (Fsp3) is 0.368. The van der Waals surface area contributed by atoms with E-state index in [2.05, 4.69) is 22.4 Å². The lowest BCUT2D eigenvalue weighted by atomic mass is 9.96. The molecule has 3 heterocycles. The molecule has 1 atom stereocenters. The Bertz CT molecular complexity index is 1930. The number of nitrogens with one attached hydrogen (secondary N) is 1. The fourth-order valence-corrected chi connectivity index (χ4v) is 7.69. The Morgan fingerprint density at radius 3 is 2.37 bits per heavy atom. The molecule has 4 aromatic rings. The second kappa shape index (κ2) is 18.7. The summed E-state index contributed by atoms with van der Waals surface area (Å²) < 4.78 is 11.3. The first-order valence-corrected chi connectivity index (χ1v) is 19.3. The molecule has 2 aromatic heterocycles. The van der Waals surface area contributed by atoms with E-state index in [1.165, 1.54) is 23.1 Å². The number of anilines is 1. The van der Waals surface area contributed by atoms with Crippen LogP contribution in [0.4, 0.5) is 5.82 Å². The minimum absolute atomic E-state index is 0.0105. The molecule has 0 aliphatic carbocycles. The first-order chi connectivity index (χ1) is 25.2. The highest BCUT2D eigenvalue weighted by Gasteiger charge is 2.27. The Labute approximate surface area is 317 Å². The zero-order valence-electron chi connectivity index (χ0n) is 29.1. The smallest absolute Gasteiger partial charge is 0.328 e. The summed E-state index contributed by atoms with van der Waals surface area (Å²) in [4.78, 5) is 36.6. The number of thioether (sulfide) groups is 1. The maximum Gasteiger partial charge on any atom is 0.328 e. The highest BCUT2D eigenvalue weighted by atomic mass is 35.5. The molecule has 1 unspecified atom stereocenters. The average molecular weight is 758 g/mol. The van der Waals surface area contributed by atoms with Crippen molar-refractivity contribution in [2.75, 3.05) is 37.7 Å². The van der Waals surface area contributed by atoms with E-state index in [0.717, 1.165) is 42.2 Å². The quantitative estimate of drug-likeness (QED) is 0.0689. The highest BCUT2D eigenvalue weighted by molar-refractivity contribution is 7.98. The molecule has 3 N–H and O–H groups in total. The van der Waals surface area contributed by atoms with Gasteiger partial charge >= 0.3 is 5.97 Å². The van der Waals surface area contributed by atoms with Gasteiger partial charge in [0, 0.05) is 53.3 Å². The molecule has 0 radical (unpaired) electrons. The Balaban J connectivity index is 1.31. The summed E-state index contributed by atoms with van der Waals surface area (Å²) in [6.07, 6.45) is 2.57. The van der Waals surface area contributed by atoms with Gasteiger partial charge in [-0.05, 0) is 55.0 Å². The summed E-state index contributed by atoms with van der Waals surface area (Å²) in [5.41, 5.74) is 9.19. The Morgan fingerprint density at radius 1 is 1.02 bits per heavy atom. The first kappa shape index (κ1) is 38.6. The van der Waals surface area contributed by atoms with E-state index in [-0.39, 0.29) is 38.0 Å². The van der Waals surface area contributed by atoms with E-state index in [4.69, 9.17) is 36.8 Å². The van der Waals surface area contributed by atoms with Crippen LogP contribution in [0.5, 0.6) is 5.75 Å². The van der Waals surface area contributed by atoms with Gasteiger partial charge in [-0.3, -0.25) is 4.79 Å². The molecule has 0 bridgehead atoms. The van der Waals surface area contributed by atoms with Gasteiger partial charge in [0.15, 0.2) is 0 Å². The number of hydrogen-bond acceptors (Lipinski definition) is 12. The molecule has 1 amide bonds. The zero-order valence-corrected chi connectivity index (χ0v) is 31.5.